The van der Waals surface area contributed by atoms with E-state index in [-0.39, 0.29) is 16.8 Å². The average molecular weight is 495 g/mol. The van der Waals surface area contributed by atoms with Gasteiger partial charge in [0.1, 0.15) is 11.5 Å². The Morgan fingerprint density at radius 3 is 2.33 bits per heavy atom. The van der Waals surface area contributed by atoms with Crippen molar-refractivity contribution in [3.8, 4) is 5.75 Å². The number of carbonyl (C=O) groups is 2. The number of ether oxygens (including phenoxy) is 1. The van der Waals surface area contributed by atoms with Gasteiger partial charge in [-0.2, -0.15) is 13.2 Å². The Hall–Kier alpha value is -4.07. The molecule has 4 rings (SSSR count). The van der Waals surface area contributed by atoms with Gasteiger partial charge in [-0.15, -0.1) is 0 Å². The van der Waals surface area contributed by atoms with E-state index < -0.39 is 35.2 Å². The highest BCUT2D eigenvalue weighted by Gasteiger charge is 2.47. The Balaban J connectivity index is 1.94. The van der Waals surface area contributed by atoms with Crippen LogP contribution < -0.4 is 9.64 Å². The van der Waals surface area contributed by atoms with Gasteiger partial charge in [0, 0.05) is 11.3 Å². The van der Waals surface area contributed by atoms with Crippen molar-refractivity contribution < 1.29 is 32.6 Å². The summed E-state index contributed by atoms with van der Waals surface area (Å²) in [6, 6.07) is 14.9. The molecule has 3 aromatic carbocycles. The summed E-state index contributed by atoms with van der Waals surface area (Å²) in [6.45, 7) is 5.83. The predicted octanol–water partition coefficient (Wildman–Crippen LogP) is 6.35. The van der Waals surface area contributed by atoms with Crippen molar-refractivity contribution in [2.75, 3.05) is 11.5 Å². The molecule has 186 valence electrons. The van der Waals surface area contributed by atoms with Crippen LogP contribution in [0.25, 0.3) is 5.76 Å². The lowest BCUT2D eigenvalue weighted by Crippen LogP contribution is -2.30. The molecule has 1 N–H and O–H groups in total. The molecule has 3 aromatic rings. The van der Waals surface area contributed by atoms with E-state index in [9.17, 15) is 27.9 Å². The molecule has 0 saturated carbocycles. The smallest absolute Gasteiger partial charge is 0.416 e. The van der Waals surface area contributed by atoms with Crippen LogP contribution in [-0.4, -0.2) is 23.4 Å². The quantitative estimate of drug-likeness (QED) is 0.255. The van der Waals surface area contributed by atoms with Gasteiger partial charge >= 0.3 is 6.18 Å². The number of aliphatic hydroxyl groups is 1. The van der Waals surface area contributed by atoms with Crippen LogP contribution in [0.4, 0.5) is 18.9 Å². The molecule has 1 heterocycles. The van der Waals surface area contributed by atoms with Gasteiger partial charge in [0.25, 0.3) is 11.7 Å². The number of hydrogen-bond donors (Lipinski definition) is 1. The molecular weight excluding hydrogens is 471 g/mol. The maximum Gasteiger partial charge on any atom is 0.416 e. The first kappa shape index (κ1) is 25.0. The zero-order chi connectivity index (χ0) is 26.2. The van der Waals surface area contributed by atoms with E-state index >= 15 is 0 Å². The molecule has 0 bridgehead atoms. The lowest BCUT2D eigenvalue weighted by molar-refractivity contribution is -0.137. The van der Waals surface area contributed by atoms with Gasteiger partial charge in [0.2, 0.25) is 0 Å². The molecule has 1 unspecified atom stereocenters. The lowest BCUT2D eigenvalue weighted by Gasteiger charge is -2.27. The molecule has 0 spiro atoms. The number of aliphatic hydroxyl groups excluding tert-OH is 1. The van der Waals surface area contributed by atoms with Crippen molar-refractivity contribution in [2.45, 2.75) is 33.0 Å². The van der Waals surface area contributed by atoms with Crippen LogP contribution >= 0.6 is 0 Å². The van der Waals surface area contributed by atoms with Crippen LogP contribution in [0.15, 0.2) is 72.3 Å². The second kappa shape index (κ2) is 9.53. The molecule has 0 aromatic heterocycles. The topological polar surface area (TPSA) is 66.8 Å². The highest BCUT2D eigenvalue weighted by Crippen LogP contribution is 2.44. The summed E-state index contributed by atoms with van der Waals surface area (Å²) in [5.41, 5.74) is 0.968. The predicted molar refractivity (Wildman–Crippen MR) is 130 cm³/mol. The van der Waals surface area contributed by atoms with Gasteiger partial charge in [-0.1, -0.05) is 30.3 Å². The van der Waals surface area contributed by atoms with Crippen LogP contribution in [0.3, 0.4) is 0 Å². The fourth-order valence-electron chi connectivity index (χ4n) is 4.39. The Morgan fingerprint density at radius 1 is 0.972 bits per heavy atom. The fraction of sp³-hybridized carbons (Fsp3) is 0.214. The second-order valence-electron chi connectivity index (χ2n) is 8.49. The number of hydrogen-bond acceptors (Lipinski definition) is 4. The Labute approximate surface area is 206 Å². The number of Topliss-reactive ketones (excluding diaryl/α,β-unsaturated/α-hetero) is 1. The maximum absolute atomic E-state index is 13.4. The van der Waals surface area contributed by atoms with E-state index in [0.29, 0.717) is 29.0 Å². The molecule has 1 aliphatic heterocycles. The first-order valence-electron chi connectivity index (χ1n) is 11.3. The van der Waals surface area contributed by atoms with Gasteiger partial charge in [0.05, 0.1) is 23.8 Å². The standard InChI is InChI=1S/C28H24F3NO4/c1-4-36-22-13-12-18(14-17(22)3)25(33)23-24(21-11-6-5-8-16(21)2)32(27(35)26(23)34)20-10-7-9-19(15-20)28(29,30)31/h5-15,24,33H,4H2,1-3H3/b25-23+. The summed E-state index contributed by atoms with van der Waals surface area (Å²) >= 11 is 0. The molecular formula is C28H24F3NO4. The summed E-state index contributed by atoms with van der Waals surface area (Å²) in [5, 5.41) is 11.3. The van der Waals surface area contributed by atoms with Crippen molar-refractivity contribution in [3.63, 3.8) is 0 Å². The summed E-state index contributed by atoms with van der Waals surface area (Å²) in [5.74, 6) is -1.81. The average Bonchev–Trinajstić information content (AvgIpc) is 3.10. The number of nitrogens with zero attached hydrogens (tertiary/aromatic N) is 1. The number of carbonyl (C=O) groups excluding carboxylic acids is 2. The number of ketones is 1. The van der Waals surface area contributed by atoms with Crippen molar-refractivity contribution in [3.05, 3.63) is 100 Å². The van der Waals surface area contributed by atoms with Crippen LogP contribution in [-0.2, 0) is 15.8 Å². The molecule has 1 amide bonds. The van der Waals surface area contributed by atoms with Gasteiger partial charge in [0.15, 0.2) is 0 Å². The molecule has 1 saturated heterocycles. The Morgan fingerprint density at radius 2 is 1.69 bits per heavy atom. The van der Waals surface area contributed by atoms with Gasteiger partial charge in [-0.05, 0) is 73.9 Å². The number of amides is 1. The molecule has 5 nitrogen and oxygen atoms in total. The van der Waals surface area contributed by atoms with Crippen LogP contribution in [0.5, 0.6) is 5.75 Å². The van der Waals surface area contributed by atoms with Crippen molar-refractivity contribution >= 4 is 23.1 Å². The highest BCUT2D eigenvalue weighted by atomic mass is 19.4. The van der Waals surface area contributed by atoms with Gasteiger partial charge in [-0.25, -0.2) is 0 Å². The van der Waals surface area contributed by atoms with Crippen LogP contribution in [0.2, 0.25) is 0 Å². The first-order chi connectivity index (χ1) is 17.0. The van der Waals surface area contributed by atoms with Gasteiger partial charge < -0.3 is 9.84 Å². The SMILES string of the molecule is CCOc1ccc(/C(O)=C2\C(=O)C(=O)N(c3cccc(C(F)(F)F)c3)C2c2ccccc2C)cc1C. The Bertz CT molecular complexity index is 1380. The minimum atomic E-state index is -4.64. The number of benzene rings is 3. The van der Waals surface area contributed by atoms with E-state index in [1.54, 1.807) is 56.3 Å². The summed E-state index contributed by atoms with van der Waals surface area (Å²) < 4.78 is 45.8. The zero-order valence-electron chi connectivity index (χ0n) is 19.9. The fourth-order valence-corrected chi connectivity index (χ4v) is 4.39. The van der Waals surface area contributed by atoms with Crippen LogP contribution in [0, 0.1) is 13.8 Å². The number of alkyl halides is 3. The maximum atomic E-state index is 13.4. The second-order valence-corrected chi connectivity index (χ2v) is 8.49. The molecule has 1 aliphatic rings. The number of aryl methyl sites for hydroxylation is 2. The largest absolute Gasteiger partial charge is 0.507 e. The van der Waals surface area contributed by atoms with E-state index in [0.717, 1.165) is 17.0 Å². The van der Waals surface area contributed by atoms with E-state index in [1.165, 1.54) is 12.1 Å². The van der Waals surface area contributed by atoms with Crippen molar-refractivity contribution in [2.24, 2.45) is 0 Å². The normalized spacial score (nSPS) is 17.5. The lowest BCUT2D eigenvalue weighted by atomic mass is 9.92. The highest BCUT2D eigenvalue weighted by molar-refractivity contribution is 6.51. The van der Waals surface area contributed by atoms with Gasteiger partial charge in [-0.3, -0.25) is 14.5 Å². The molecule has 1 atom stereocenters. The summed E-state index contributed by atoms with van der Waals surface area (Å²) in [7, 11) is 0. The Kier molecular flexibility index (Phi) is 6.63. The van der Waals surface area contributed by atoms with E-state index in [4.69, 9.17) is 4.74 Å². The summed E-state index contributed by atoms with van der Waals surface area (Å²) in [4.78, 5) is 27.5. The zero-order valence-corrected chi connectivity index (χ0v) is 19.9. The minimum absolute atomic E-state index is 0.0953. The summed E-state index contributed by atoms with van der Waals surface area (Å²) in [6.07, 6.45) is -4.64. The van der Waals surface area contributed by atoms with E-state index in [1.807, 2.05) is 6.92 Å². The number of halogens is 3. The number of rotatable bonds is 5. The number of anilines is 1. The first-order valence-corrected chi connectivity index (χ1v) is 11.3. The van der Waals surface area contributed by atoms with E-state index in [2.05, 4.69) is 0 Å². The third kappa shape index (κ3) is 4.46. The molecule has 0 aliphatic carbocycles. The molecule has 0 radical (unpaired) electrons. The third-order valence-electron chi connectivity index (χ3n) is 6.13. The molecule has 36 heavy (non-hydrogen) atoms. The minimum Gasteiger partial charge on any atom is -0.507 e. The van der Waals surface area contributed by atoms with Crippen molar-refractivity contribution in [1.29, 1.82) is 0 Å². The van der Waals surface area contributed by atoms with Crippen molar-refractivity contribution in [1.82, 2.24) is 0 Å². The third-order valence-corrected chi connectivity index (χ3v) is 6.13. The molecule has 1 fully saturated rings. The van der Waals surface area contributed by atoms with Crippen LogP contribution in [0.1, 0.15) is 40.8 Å². The molecule has 8 heteroatoms. The monoisotopic (exact) mass is 495 g/mol.